The zero-order chi connectivity index (χ0) is 16.9. The molecule has 0 spiro atoms. The number of benzene rings is 2. The van der Waals surface area contributed by atoms with Crippen LogP contribution < -0.4 is 10.4 Å². The number of hydrogen-bond acceptors (Lipinski definition) is 2. The summed E-state index contributed by atoms with van der Waals surface area (Å²) in [6.45, 7) is 6.77. The lowest BCUT2D eigenvalue weighted by Gasteiger charge is -2.22. The standard InChI is InChI=1S/C21H18N2Si/c1-14-11-18-16-7-6-8-17(19-9-4-5-10-23-19)21(16)24(2,3)20(18)12-15(14)13-22/h4-12H,1-3H3. The molecule has 0 unspecified atom stereocenters. The molecule has 0 amide bonds. The van der Waals surface area contributed by atoms with Crippen molar-refractivity contribution >= 4 is 18.4 Å². The summed E-state index contributed by atoms with van der Waals surface area (Å²) >= 11 is 0. The third kappa shape index (κ3) is 1.97. The van der Waals surface area contributed by atoms with E-state index in [0.717, 1.165) is 16.8 Å². The number of aromatic nitrogens is 1. The molecule has 3 heteroatoms. The molecule has 0 saturated carbocycles. The number of hydrogen-bond donors (Lipinski definition) is 0. The predicted octanol–water partition coefficient (Wildman–Crippen LogP) is 3.73. The topological polar surface area (TPSA) is 36.7 Å². The first-order valence-electron chi connectivity index (χ1n) is 8.14. The maximum Gasteiger partial charge on any atom is 0.114 e. The van der Waals surface area contributed by atoms with Gasteiger partial charge in [0.2, 0.25) is 0 Å². The van der Waals surface area contributed by atoms with E-state index in [4.69, 9.17) is 0 Å². The average molecular weight is 326 g/mol. The van der Waals surface area contributed by atoms with E-state index in [0.29, 0.717) is 0 Å². The molecule has 0 saturated heterocycles. The second-order valence-electron chi connectivity index (χ2n) is 6.89. The molecule has 0 N–H and O–H groups in total. The first-order chi connectivity index (χ1) is 11.5. The van der Waals surface area contributed by atoms with Crippen LogP contribution in [-0.2, 0) is 0 Å². The summed E-state index contributed by atoms with van der Waals surface area (Å²) in [5.74, 6) is 0. The molecular weight excluding hydrogens is 308 g/mol. The minimum atomic E-state index is -1.87. The number of nitrogens with zero attached hydrogens (tertiary/aromatic N) is 2. The van der Waals surface area contributed by atoms with E-state index in [-0.39, 0.29) is 0 Å². The highest BCUT2D eigenvalue weighted by Gasteiger charge is 2.40. The van der Waals surface area contributed by atoms with Gasteiger partial charge in [-0.25, -0.2) is 0 Å². The van der Waals surface area contributed by atoms with Gasteiger partial charge in [0.1, 0.15) is 8.07 Å². The van der Waals surface area contributed by atoms with E-state index in [9.17, 15) is 5.26 Å². The number of pyridine rings is 1. The van der Waals surface area contributed by atoms with Crippen molar-refractivity contribution in [1.82, 2.24) is 4.98 Å². The molecule has 0 radical (unpaired) electrons. The molecule has 0 fully saturated rings. The van der Waals surface area contributed by atoms with Crippen LogP contribution in [0, 0.1) is 18.3 Å². The van der Waals surface area contributed by atoms with Crippen molar-refractivity contribution in [3.63, 3.8) is 0 Å². The predicted molar refractivity (Wildman–Crippen MR) is 101 cm³/mol. The summed E-state index contributed by atoms with van der Waals surface area (Å²) in [4.78, 5) is 4.58. The summed E-state index contributed by atoms with van der Waals surface area (Å²) in [6, 6.07) is 19.2. The van der Waals surface area contributed by atoms with Crippen molar-refractivity contribution in [2.75, 3.05) is 0 Å². The fourth-order valence-corrected chi connectivity index (χ4v) is 7.32. The van der Waals surface area contributed by atoms with Crippen LogP contribution in [0.4, 0.5) is 0 Å². The Morgan fingerprint density at radius 2 is 1.75 bits per heavy atom. The van der Waals surface area contributed by atoms with Gasteiger partial charge in [-0.15, -0.1) is 0 Å². The minimum absolute atomic E-state index is 0.793. The van der Waals surface area contributed by atoms with E-state index in [1.54, 1.807) is 0 Å². The lowest BCUT2D eigenvalue weighted by atomic mass is 9.98. The maximum absolute atomic E-state index is 9.42. The van der Waals surface area contributed by atoms with E-state index in [1.807, 2.05) is 25.3 Å². The van der Waals surface area contributed by atoms with Crippen molar-refractivity contribution in [2.45, 2.75) is 20.0 Å². The van der Waals surface area contributed by atoms with Gasteiger partial charge >= 0.3 is 0 Å². The summed E-state index contributed by atoms with van der Waals surface area (Å²) in [7, 11) is -1.87. The Balaban J connectivity index is 2.05. The number of rotatable bonds is 1. The Bertz CT molecular complexity index is 998. The SMILES string of the molecule is Cc1cc2c(cc1C#N)[Si](C)(C)c1c(-c3ccccn3)cccc1-2. The fraction of sp³-hybridized carbons (Fsp3) is 0.143. The molecule has 1 aliphatic heterocycles. The van der Waals surface area contributed by atoms with Crippen LogP contribution in [0.25, 0.3) is 22.4 Å². The molecule has 0 atom stereocenters. The van der Waals surface area contributed by atoms with Crippen molar-refractivity contribution in [3.05, 3.63) is 65.9 Å². The fourth-order valence-electron chi connectivity index (χ4n) is 3.89. The molecule has 4 rings (SSSR count). The second kappa shape index (κ2) is 5.15. The molecule has 2 nitrogen and oxygen atoms in total. The second-order valence-corrected chi connectivity index (χ2v) is 11.2. The van der Waals surface area contributed by atoms with Crippen LogP contribution in [0.15, 0.2) is 54.7 Å². The van der Waals surface area contributed by atoms with Crippen molar-refractivity contribution in [3.8, 4) is 28.5 Å². The van der Waals surface area contributed by atoms with E-state index >= 15 is 0 Å². The zero-order valence-corrected chi connectivity index (χ0v) is 15.1. The van der Waals surface area contributed by atoms with Gasteiger partial charge in [-0.3, -0.25) is 4.98 Å². The van der Waals surface area contributed by atoms with E-state index in [2.05, 4.69) is 60.5 Å². The van der Waals surface area contributed by atoms with E-state index in [1.165, 1.54) is 27.1 Å². The minimum Gasteiger partial charge on any atom is -0.256 e. The number of nitriles is 1. The average Bonchev–Trinajstić information content (AvgIpc) is 2.82. The Morgan fingerprint density at radius 3 is 2.46 bits per heavy atom. The maximum atomic E-state index is 9.42. The molecule has 116 valence electrons. The van der Waals surface area contributed by atoms with Gasteiger partial charge in [0.25, 0.3) is 0 Å². The molecule has 1 aliphatic rings. The quantitative estimate of drug-likeness (QED) is 0.639. The molecular formula is C21H18N2Si. The lowest BCUT2D eigenvalue weighted by Crippen LogP contribution is -2.50. The van der Waals surface area contributed by atoms with Crippen LogP contribution in [-0.4, -0.2) is 13.1 Å². The number of fused-ring (bicyclic) bond motifs is 3. The van der Waals surface area contributed by atoms with Crippen molar-refractivity contribution < 1.29 is 0 Å². The molecule has 0 aliphatic carbocycles. The summed E-state index contributed by atoms with van der Waals surface area (Å²) in [6.07, 6.45) is 1.85. The lowest BCUT2D eigenvalue weighted by molar-refractivity contribution is 1.33. The first kappa shape index (κ1) is 14.9. The normalized spacial score (nSPS) is 13.9. The molecule has 2 heterocycles. The monoisotopic (exact) mass is 326 g/mol. The number of aryl methyl sites for hydroxylation is 1. The van der Waals surface area contributed by atoms with Gasteiger partial charge in [0, 0.05) is 11.8 Å². The highest BCUT2D eigenvalue weighted by atomic mass is 28.3. The Labute approximate surface area is 143 Å². The third-order valence-corrected chi connectivity index (χ3v) is 8.63. The molecule has 3 aromatic rings. The third-order valence-electron chi connectivity index (χ3n) is 5.08. The van der Waals surface area contributed by atoms with Crippen molar-refractivity contribution in [2.24, 2.45) is 0 Å². The van der Waals surface area contributed by atoms with Crippen LogP contribution in [0.3, 0.4) is 0 Å². The highest BCUT2D eigenvalue weighted by Crippen LogP contribution is 2.33. The van der Waals surface area contributed by atoms with Gasteiger partial charge in [-0.1, -0.05) is 43.4 Å². The molecule has 1 aromatic heterocycles. The van der Waals surface area contributed by atoms with Crippen LogP contribution in [0.5, 0.6) is 0 Å². The molecule has 24 heavy (non-hydrogen) atoms. The molecule has 0 bridgehead atoms. The van der Waals surface area contributed by atoms with Gasteiger partial charge in [-0.05, 0) is 52.2 Å². The van der Waals surface area contributed by atoms with Crippen LogP contribution in [0.2, 0.25) is 13.1 Å². The molecule has 2 aromatic carbocycles. The first-order valence-corrected chi connectivity index (χ1v) is 11.1. The zero-order valence-electron chi connectivity index (χ0n) is 14.1. The van der Waals surface area contributed by atoms with Crippen molar-refractivity contribution in [1.29, 1.82) is 5.26 Å². The summed E-state index contributed by atoms with van der Waals surface area (Å²) < 4.78 is 0. The largest absolute Gasteiger partial charge is 0.256 e. The summed E-state index contributed by atoms with van der Waals surface area (Å²) in [5, 5.41) is 12.2. The van der Waals surface area contributed by atoms with Crippen LogP contribution >= 0.6 is 0 Å². The van der Waals surface area contributed by atoms with Crippen LogP contribution in [0.1, 0.15) is 11.1 Å². The Morgan fingerprint density at radius 1 is 0.958 bits per heavy atom. The van der Waals surface area contributed by atoms with Gasteiger partial charge in [-0.2, -0.15) is 5.26 Å². The smallest absolute Gasteiger partial charge is 0.114 e. The Kier molecular flexibility index (Phi) is 3.19. The van der Waals surface area contributed by atoms with Gasteiger partial charge in [0.15, 0.2) is 0 Å². The highest BCUT2D eigenvalue weighted by molar-refractivity contribution is 7.04. The van der Waals surface area contributed by atoms with Gasteiger partial charge in [0.05, 0.1) is 17.3 Å². The summed E-state index contributed by atoms with van der Waals surface area (Å²) in [5.41, 5.74) is 6.73. The van der Waals surface area contributed by atoms with Gasteiger partial charge < -0.3 is 0 Å². The van der Waals surface area contributed by atoms with E-state index < -0.39 is 8.07 Å². The Hall–Kier alpha value is -2.70.